The zero-order valence-corrected chi connectivity index (χ0v) is 19.6. The van der Waals surface area contributed by atoms with Gasteiger partial charge in [0, 0.05) is 41.9 Å². The first-order valence-corrected chi connectivity index (χ1v) is 11.6. The lowest BCUT2D eigenvalue weighted by atomic mass is 9.80. The number of aromatic hydroxyl groups is 1. The molecule has 2 unspecified atom stereocenters. The topological polar surface area (TPSA) is 105 Å². The quantitative estimate of drug-likeness (QED) is 0.531. The Balaban J connectivity index is 1.30. The summed E-state index contributed by atoms with van der Waals surface area (Å²) in [5.74, 6) is 0.417. The maximum absolute atomic E-state index is 14.8. The van der Waals surface area contributed by atoms with Crippen LogP contribution in [0.15, 0.2) is 41.5 Å². The van der Waals surface area contributed by atoms with Crippen LogP contribution >= 0.6 is 0 Å². The van der Waals surface area contributed by atoms with Crippen molar-refractivity contribution in [1.29, 1.82) is 0 Å². The van der Waals surface area contributed by atoms with Crippen molar-refractivity contribution in [3.8, 4) is 28.3 Å². The molecule has 1 aromatic carbocycles. The molecule has 0 aliphatic carbocycles. The normalized spacial score (nSPS) is 25.9. The Labute approximate surface area is 197 Å². The summed E-state index contributed by atoms with van der Waals surface area (Å²) >= 11 is 0. The number of halogens is 1. The van der Waals surface area contributed by atoms with Crippen LogP contribution in [0.5, 0.6) is 5.75 Å². The van der Waals surface area contributed by atoms with Crippen LogP contribution in [0.4, 0.5) is 10.2 Å². The average Bonchev–Trinajstić information content (AvgIpc) is 3.03. The van der Waals surface area contributed by atoms with Gasteiger partial charge in [-0.25, -0.2) is 9.37 Å². The Morgan fingerprint density at radius 3 is 2.50 bits per heavy atom. The third kappa shape index (κ3) is 4.27. The van der Waals surface area contributed by atoms with E-state index in [1.54, 1.807) is 19.2 Å². The minimum absolute atomic E-state index is 0.0449. The van der Waals surface area contributed by atoms with Gasteiger partial charge in [-0.15, -0.1) is 10.2 Å². The number of phenols is 1. The van der Waals surface area contributed by atoms with Crippen molar-refractivity contribution in [2.75, 3.05) is 11.9 Å². The first kappa shape index (κ1) is 22.5. The van der Waals surface area contributed by atoms with Gasteiger partial charge in [0.1, 0.15) is 17.4 Å². The molecule has 3 N–H and O–H groups in total. The number of benzene rings is 1. The van der Waals surface area contributed by atoms with Crippen LogP contribution in [0.1, 0.15) is 39.5 Å². The van der Waals surface area contributed by atoms with Gasteiger partial charge in [-0.3, -0.25) is 4.79 Å². The van der Waals surface area contributed by atoms with Crippen LogP contribution in [-0.4, -0.2) is 42.5 Å². The smallest absolute Gasteiger partial charge is 0.253 e. The molecule has 8 nitrogen and oxygen atoms in total. The molecule has 4 heterocycles. The van der Waals surface area contributed by atoms with E-state index in [1.807, 2.05) is 0 Å². The van der Waals surface area contributed by atoms with Gasteiger partial charge in [0.05, 0.1) is 17.7 Å². The van der Waals surface area contributed by atoms with Gasteiger partial charge in [0.2, 0.25) is 0 Å². The first-order chi connectivity index (χ1) is 16.1. The minimum atomic E-state index is -0.611. The van der Waals surface area contributed by atoms with Gasteiger partial charge in [-0.05, 0) is 69.7 Å². The lowest BCUT2D eigenvalue weighted by molar-refractivity contribution is 0.178. The van der Waals surface area contributed by atoms with Crippen molar-refractivity contribution in [3.63, 3.8) is 0 Å². The maximum atomic E-state index is 14.8. The van der Waals surface area contributed by atoms with E-state index in [0.717, 1.165) is 19.4 Å². The fourth-order valence-corrected chi connectivity index (χ4v) is 5.59. The molecule has 2 aliphatic rings. The number of nitrogens with one attached hydrogen (secondary N) is 2. The second kappa shape index (κ2) is 8.16. The number of rotatable bonds is 5. The molecule has 2 aliphatic heterocycles. The van der Waals surface area contributed by atoms with Crippen LogP contribution in [0, 0.1) is 11.7 Å². The highest BCUT2D eigenvalue weighted by Gasteiger charge is 2.48. The zero-order chi connectivity index (χ0) is 24.1. The van der Waals surface area contributed by atoms with Gasteiger partial charge in [-0.2, -0.15) is 0 Å². The number of aromatic nitrogens is 4. The fraction of sp³-hybridized carbons (Fsp3) is 0.440. The van der Waals surface area contributed by atoms with Gasteiger partial charge in [0.15, 0.2) is 0 Å². The van der Waals surface area contributed by atoms with E-state index >= 15 is 0 Å². The predicted molar refractivity (Wildman–Crippen MR) is 128 cm³/mol. The summed E-state index contributed by atoms with van der Waals surface area (Å²) in [7, 11) is 1.56. The Morgan fingerprint density at radius 1 is 1.12 bits per heavy atom. The van der Waals surface area contributed by atoms with Crippen LogP contribution in [-0.2, 0) is 7.05 Å². The number of fused-ring (bicyclic) bond motifs is 2. The molecule has 2 saturated heterocycles. The summed E-state index contributed by atoms with van der Waals surface area (Å²) in [6.07, 6.45) is 6.00. The molecule has 5 rings (SSSR count). The van der Waals surface area contributed by atoms with Crippen LogP contribution < -0.4 is 16.2 Å². The molecule has 34 heavy (non-hydrogen) atoms. The van der Waals surface area contributed by atoms with Gasteiger partial charge in [-0.1, -0.05) is 0 Å². The highest BCUT2D eigenvalue weighted by molar-refractivity contribution is 5.73. The number of hydrogen-bond acceptors (Lipinski definition) is 7. The molecular weight excluding hydrogens is 435 g/mol. The summed E-state index contributed by atoms with van der Waals surface area (Å²) in [6.45, 7) is 5.44. The Morgan fingerprint density at radius 2 is 1.85 bits per heavy atom. The van der Waals surface area contributed by atoms with Crippen molar-refractivity contribution >= 4 is 5.82 Å². The number of nitrogens with zero attached hydrogens (tertiary/aromatic N) is 4. The second-order valence-electron chi connectivity index (χ2n) is 10.3. The molecule has 2 atom stereocenters. The van der Waals surface area contributed by atoms with Gasteiger partial charge in [0.25, 0.3) is 5.56 Å². The van der Waals surface area contributed by atoms with Gasteiger partial charge < -0.3 is 20.3 Å². The Bertz CT molecular complexity index is 1280. The molecule has 9 heteroatoms. The monoisotopic (exact) mass is 464 g/mol. The lowest BCUT2D eigenvalue weighted by Crippen LogP contribution is -2.54. The summed E-state index contributed by atoms with van der Waals surface area (Å²) in [5, 5.41) is 26.1. The van der Waals surface area contributed by atoms with E-state index < -0.39 is 5.82 Å². The van der Waals surface area contributed by atoms with Crippen molar-refractivity contribution in [2.45, 2.75) is 50.6 Å². The number of phenolic OH excluding ortho intramolecular Hbond substituents is 1. The molecule has 0 saturated carbocycles. The molecule has 0 spiro atoms. The summed E-state index contributed by atoms with van der Waals surface area (Å²) in [4.78, 5) is 15.9. The summed E-state index contributed by atoms with van der Waals surface area (Å²) < 4.78 is 16.1. The molecule has 2 fully saturated rings. The second-order valence-corrected chi connectivity index (χ2v) is 10.3. The van der Waals surface area contributed by atoms with Crippen molar-refractivity contribution in [3.05, 3.63) is 52.8 Å². The molecule has 0 radical (unpaired) electrons. The van der Waals surface area contributed by atoms with Crippen LogP contribution in [0.2, 0.25) is 0 Å². The fourth-order valence-electron chi connectivity index (χ4n) is 5.59. The number of piperidine rings is 1. The summed E-state index contributed by atoms with van der Waals surface area (Å²) in [6, 6.07) is 7.16. The molecule has 178 valence electrons. The standard InChI is InChI=1S/C25H29FN6O2/c1-24-6-7-25(2,31-24)12-15(11-24)13-27-22-5-4-19(29-30-22)17-8-18(26)16(9-21(17)33)20-10-23(34)32(3)14-28-20/h4-5,8-10,14-15,31,33H,6-7,11-13H2,1-3H3,(H,27,30). The number of aryl methyl sites for hydroxylation is 1. The lowest BCUT2D eigenvalue weighted by Gasteiger charge is -2.42. The molecule has 2 bridgehead atoms. The van der Waals surface area contributed by atoms with E-state index in [0.29, 0.717) is 17.4 Å². The van der Waals surface area contributed by atoms with E-state index in [-0.39, 0.29) is 39.2 Å². The Hall–Kier alpha value is -3.33. The predicted octanol–water partition coefficient (Wildman–Crippen LogP) is 3.47. The third-order valence-electron chi connectivity index (χ3n) is 7.16. The van der Waals surface area contributed by atoms with Crippen molar-refractivity contribution < 1.29 is 9.50 Å². The SMILES string of the molecule is Cn1cnc(-c2cc(O)c(-c3ccc(NCC4CC5(C)CCC(C)(C4)N5)nn3)cc2F)cc1=O. The Kier molecular flexibility index (Phi) is 5.39. The van der Waals surface area contributed by atoms with E-state index in [2.05, 4.69) is 39.7 Å². The van der Waals surface area contributed by atoms with Crippen molar-refractivity contribution in [2.24, 2.45) is 13.0 Å². The number of hydrogen-bond donors (Lipinski definition) is 3. The first-order valence-electron chi connectivity index (χ1n) is 11.6. The van der Waals surface area contributed by atoms with E-state index in [1.165, 1.54) is 41.9 Å². The highest BCUT2D eigenvalue weighted by atomic mass is 19.1. The van der Waals surface area contributed by atoms with Gasteiger partial charge >= 0.3 is 0 Å². The third-order valence-corrected chi connectivity index (χ3v) is 7.16. The van der Waals surface area contributed by atoms with Crippen LogP contribution in [0.25, 0.3) is 22.5 Å². The maximum Gasteiger partial charge on any atom is 0.253 e. The molecule has 3 aromatic rings. The minimum Gasteiger partial charge on any atom is -0.507 e. The number of anilines is 1. The average molecular weight is 465 g/mol. The van der Waals surface area contributed by atoms with E-state index in [4.69, 9.17) is 0 Å². The molecular formula is C25H29FN6O2. The van der Waals surface area contributed by atoms with E-state index in [9.17, 15) is 14.3 Å². The zero-order valence-electron chi connectivity index (χ0n) is 19.6. The molecule has 0 amide bonds. The molecule has 2 aromatic heterocycles. The van der Waals surface area contributed by atoms with Crippen molar-refractivity contribution in [1.82, 2.24) is 25.1 Å². The highest BCUT2D eigenvalue weighted by Crippen LogP contribution is 2.44. The summed E-state index contributed by atoms with van der Waals surface area (Å²) in [5.41, 5.74) is 0.883. The largest absolute Gasteiger partial charge is 0.507 e. The van der Waals surface area contributed by atoms with Crippen LogP contribution in [0.3, 0.4) is 0 Å².